The molecule has 0 bridgehead atoms. The molecule has 0 aliphatic heterocycles. The van der Waals surface area contributed by atoms with Gasteiger partial charge in [-0.1, -0.05) is 12.1 Å². The Kier molecular flexibility index (Phi) is 6.27. The number of hydrogen-bond donors (Lipinski definition) is 4. The third-order valence-corrected chi connectivity index (χ3v) is 2.71. The molecule has 0 fully saturated rings. The van der Waals surface area contributed by atoms with Gasteiger partial charge in [0.15, 0.2) is 0 Å². The number of nitrogens with zero attached hydrogens (tertiary/aromatic N) is 1. The summed E-state index contributed by atoms with van der Waals surface area (Å²) >= 11 is 0. The molecule has 1 atom stereocenters. The van der Waals surface area contributed by atoms with E-state index < -0.39 is 0 Å². The molecule has 0 aromatic heterocycles. The number of aliphatic hydroxyl groups excluding tert-OH is 2. The Morgan fingerprint density at radius 3 is 2.21 bits per heavy atom. The van der Waals surface area contributed by atoms with E-state index in [0.29, 0.717) is 5.69 Å². The zero-order valence-electron chi connectivity index (χ0n) is 11.0. The van der Waals surface area contributed by atoms with Gasteiger partial charge in [-0.2, -0.15) is 0 Å². The van der Waals surface area contributed by atoms with Crippen molar-refractivity contribution in [3.8, 4) is 0 Å². The van der Waals surface area contributed by atoms with Gasteiger partial charge in [0.2, 0.25) is 0 Å². The van der Waals surface area contributed by atoms with E-state index in [0.717, 1.165) is 5.56 Å². The van der Waals surface area contributed by atoms with E-state index >= 15 is 0 Å². The van der Waals surface area contributed by atoms with E-state index in [4.69, 9.17) is 15.9 Å². The lowest BCUT2D eigenvalue weighted by Crippen LogP contribution is -2.38. The Hall–Kier alpha value is -1.63. The van der Waals surface area contributed by atoms with Crippen LogP contribution in [0.2, 0.25) is 0 Å². The van der Waals surface area contributed by atoms with Crippen LogP contribution in [-0.4, -0.2) is 47.4 Å². The minimum atomic E-state index is -0.350. The van der Waals surface area contributed by atoms with Crippen molar-refractivity contribution in [2.24, 2.45) is 5.73 Å². The summed E-state index contributed by atoms with van der Waals surface area (Å²) < 4.78 is 0. The average Bonchev–Trinajstić information content (AvgIpc) is 2.39. The number of carbonyl (C=O) groups excluding carboxylic acids is 1. The van der Waals surface area contributed by atoms with E-state index in [1.807, 2.05) is 19.1 Å². The van der Waals surface area contributed by atoms with Crippen LogP contribution in [0, 0.1) is 0 Å². The first kappa shape index (κ1) is 15.4. The van der Waals surface area contributed by atoms with Gasteiger partial charge in [0.25, 0.3) is 0 Å². The molecule has 1 rings (SSSR count). The first-order valence-electron chi connectivity index (χ1n) is 6.21. The van der Waals surface area contributed by atoms with Gasteiger partial charge in [0.1, 0.15) is 0 Å². The van der Waals surface area contributed by atoms with Crippen LogP contribution in [0.3, 0.4) is 0 Å². The second kappa shape index (κ2) is 7.73. The Labute approximate surface area is 112 Å². The minimum Gasteiger partial charge on any atom is -0.395 e. The fourth-order valence-electron chi connectivity index (χ4n) is 1.63. The Morgan fingerprint density at radius 2 is 1.79 bits per heavy atom. The van der Waals surface area contributed by atoms with Gasteiger partial charge < -0.3 is 26.2 Å². The highest BCUT2D eigenvalue weighted by molar-refractivity contribution is 5.89. The number of anilines is 1. The van der Waals surface area contributed by atoms with E-state index in [1.54, 1.807) is 12.1 Å². The molecule has 1 unspecified atom stereocenters. The molecule has 106 valence electrons. The van der Waals surface area contributed by atoms with Crippen molar-refractivity contribution in [2.75, 3.05) is 31.6 Å². The molecule has 1 aromatic carbocycles. The number of carbonyl (C=O) groups is 1. The highest BCUT2D eigenvalue weighted by Crippen LogP contribution is 2.14. The number of aliphatic hydroxyl groups is 2. The predicted molar refractivity (Wildman–Crippen MR) is 73.8 cm³/mol. The maximum atomic E-state index is 11.9. The fourth-order valence-corrected chi connectivity index (χ4v) is 1.63. The molecule has 19 heavy (non-hydrogen) atoms. The molecule has 0 heterocycles. The Bertz CT molecular complexity index is 387. The zero-order chi connectivity index (χ0) is 14.3. The van der Waals surface area contributed by atoms with Crippen LogP contribution in [0.15, 0.2) is 24.3 Å². The molecule has 0 saturated heterocycles. The fraction of sp³-hybridized carbons (Fsp3) is 0.462. The molecule has 5 N–H and O–H groups in total. The van der Waals surface area contributed by atoms with E-state index in [2.05, 4.69) is 5.32 Å². The van der Waals surface area contributed by atoms with Crippen molar-refractivity contribution in [3.05, 3.63) is 29.8 Å². The second-order valence-electron chi connectivity index (χ2n) is 4.28. The van der Waals surface area contributed by atoms with Crippen LogP contribution < -0.4 is 11.1 Å². The maximum absolute atomic E-state index is 11.9. The monoisotopic (exact) mass is 267 g/mol. The largest absolute Gasteiger partial charge is 0.395 e. The third-order valence-electron chi connectivity index (χ3n) is 2.71. The van der Waals surface area contributed by atoms with Crippen LogP contribution in [0.1, 0.15) is 18.5 Å². The quantitative estimate of drug-likeness (QED) is 0.604. The molecule has 0 saturated carbocycles. The molecule has 2 amide bonds. The number of amides is 2. The summed E-state index contributed by atoms with van der Waals surface area (Å²) in [5.74, 6) is 0. The van der Waals surface area contributed by atoms with Crippen LogP contribution in [0.4, 0.5) is 10.5 Å². The van der Waals surface area contributed by atoms with Gasteiger partial charge in [0.05, 0.1) is 13.2 Å². The van der Waals surface area contributed by atoms with Crippen LogP contribution >= 0.6 is 0 Å². The van der Waals surface area contributed by atoms with Crippen LogP contribution in [0.25, 0.3) is 0 Å². The standard InChI is InChI=1S/C13H21N3O3/c1-10(14)11-2-4-12(5-3-11)15-13(19)16(6-8-17)7-9-18/h2-5,10,17-18H,6-9,14H2,1H3,(H,15,19). The highest BCUT2D eigenvalue weighted by atomic mass is 16.3. The summed E-state index contributed by atoms with van der Waals surface area (Å²) in [6, 6.07) is 6.84. The molecular weight excluding hydrogens is 246 g/mol. The molecular formula is C13H21N3O3. The molecule has 1 aromatic rings. The van der Waals surface area contributed by atoms with Crippen molar-refractivity contribution >= 4 is 11.7 Å². The van der Waals surface area contributed by atoms with Crippen molar-refractivity contribution in [3.63, 3.8) is 0 Å². The number of benzene rings is 1. The summed E-state index contributed by atoms with van der Waals surface area (Å²) in [5.41, 5.74) is 7.38. The van der Waals surface area contributed by atoms with E-state index in [-0.39, 0.29) is 38.4 Å². The zero-order valence-corrected chi connectivity index (χ0v) is 11.0. The van der Waals surface area contributed by atoms with Crippen LogP contribution in [-0.2, 0) is 0 Å². The summed E-state index contributed by atoms with van der Waals surface area (Å²) in [6.07, 6.45) is 0. The van der Waals surface area contributed by atoms with Crippen molar-refractivity contribution in [1.29, 1.82) is 0 Å². The maximum Gasteiger partial charge on any atom is 0.321 e. The van der Waals surface area contributed by atoms with Crippen molar-refractivity contribution < 1.29 is 15.0 Å². The topological polar surface area (TPSA) is 98.8 Å². The van der Waals surface area contributed by atoms with Gasteiger partial charge in [-0.3, -0.25) is 0 Å². The van der Waals surface area contributed by atoms with Crippen molar-refractivity contribution in [1.82, 2.24) is 4.90 Å². The molecule has 0 aliphatic carbocycles. The summed E-state index contributed by atoms with van der Waals surface area (Å²) in [6.45, 7) is 1.97. The molecule has 0 radical (unpaired) electrons. The third kappa shape index (κ3) is 4.86. The highest BCUT2D eigenvalue weighted by Gasteiger charge is 2.12. The van der Waals surface area contributed by atoms with E-state index in [9.17, 15) is 4.79 Å². The predicted octanol–water partition coefficient (Wildman–Crippen LogP) is 0.525. The lowest BCUT2D eigenvalue weighted by molar-refractivity contribution is 0.167. The summed E-state index contributed by atoms with van der Waals surface area (Å²) in [4.78, 5) is 13.2. The normalized spacial score (nSPS) is 12.0. The molecule has 6 heteroatoms. The molecule has 6 nitrogen and oxygen atoms in total. The summed E-state index contributed by atoms with van der Waals surface area (Å²) in [5, 5.41) is 20.4. The lowest BCUT2D eigenvalue weighted by Gasteiger charge is -2.21. The van der Waals surface area contributed by atoms with Gasteiger partial charge in [-0.15, -0.1) is 0 Å². The Morgan fingerprint density at radius 1 is 1.26 bits per heavy atom. The smallest absolute Gasteiger partial charge is 0.321 e. The lowest BCUT2D eigenvalue weighted by atomic mass is 10.1. The number of urea groups is 1. The number of rotatable bonds is 6. The van der Waals surface area contributed by atoms with Crippen molar-refractivity contribution in [2.45, 2.75) is 13.0 Å². The Balaban J connectivity index is 2.64. The first-order valence-corrected chi connectivity index (χ1v) is 6.21. The second-order valence-corrected chi connectivity index (χ2v) is 4.28. The van der Waals surface area contributed by atoms with Crippen LogP contribution in [0.5, 0.6) is 0 Å². The SMILES string of the molecule is CC(N)c1ccc(NC(=O)N(CCO)CCO)cc1. The van der Waals surface area contributed by atoms with Gasteiger partial charge >= 0.3 is 6.03 Å². The summed E-state index contributed by atoms with van der Waals surface area (Å²) in [7, 11) is 0. The number of nitrogens with one attached hydrogen (secondary N) is 1. The van der Waals surface area contributed by atoms with Gasteiger partial charge in [-0.05, 0) is 24.6 Å². The van der Waals surface area contributed by atoms with Gasteiger partial charge in [0, 0.05) is 24.8 Å². The average molecular weight is 267 g/mol. The van der Waals surface area contributed by atoms with E-state index in [1.165, 1.54) is 4.90 Å². The minimum absolute atomic E-state index is 0.0509. The molecule has 0 spiro atoms. The molecule has 0 aliphatic rings. The first-order chi connectivity index (χ1) is 9.08. The number of nitrogens with two attached hydrogens (primary N) is 1. The number of hydrogen-bond acceptors (Lipinski definition) is 4. The van der Waals surface area contributed by atoms with Gasteiger partial charge in [-0.25, -0.2) is 4.79 Å².